The minimum Gasteiger partial charge on any atom is -0.324 e. The fraction of sp³-hybridized carbons (Fsp3) is 0.0556. The Labute approximate surface area is 149 Å². The Balaban J connectivity index is 1.55. The van der Waals surface area contributed by atoms with Gasteiger partial charge in [-0.05, 0) is 36.4 Å². The molecule has 0 spiro atoms. The van der Waals surface area contributed by atoms with Gasteiger partial charge in [0, 0.05) is 17.1 Å². The van der Waals surface area contributed by atoms with Crippen molar-refractivity contribution in [1.82, 2.24) is 9.71 Å². The molecule has 26 heavy (non-hydrogen) atoms. The first-order valence-corrected chi connectivity index (χ1v) is 9.33. The summed E-state index contributed by atoms with van der Waals surface area (Å²) in [7, 11) is -3.61. The molecule has 1 aromatic heterocycles. The van der Waals surface area contributed by atoms with E-state index in [4.69, 9.17) is 0 Å². The van der Waals surface area contributed by atoms with Crippen molar-refractivity contribution in [1.29, 1.82) is 0 Å². The predicted octanol–water partition coefficient (Wildman–Crippen LogP) is 1.91. The standard InChI is InChI=1S/C18H14N4O3S/c23-17(21-15-8-3-7-14-12(15)6-4-10-19-14)11-20-18-13-5-1-2-9-16(13)26(24,25)22-18/h1-10H,11H2,(H,20,22)(H,21,23). The van der Waals surface area contributed by atoms with Crippen molar-refractivity contribution in [3.63, 3.8) is 0 Å². The Kier molecular flexibility index (Phi) is 3.89. The maximum Gasteiger partial charge on any atom is 0.263 e. The third-order valence-corrected chi connectivity index (χ3v) is 5.36. The van der Waals surface area contributed by atoms with Gasteiger partial charge >= 0.3 is 0 Å². The van der Waals surface area contributed by atoms with Crippen molar-refractivity contribution in [2.24, 2.45) is 4.99 Å². The van der Waals surface area contributed by atoms with Gasteiger partial charge in [0.2, 0.25) is 5.91 Å². The number of pyridine rings is 1. The lowest BCUT2D eigenvalue weighted by Gasteiger charge is -2.07. The largest absolute Gasteiger partial charge is 0.324 e. The quantitative estimate of drug-likeness (QED) is 0.739. The highest BCUT2D eigenvalue weighted by Gasteiger charge is 2.30. The first kappa shape index (κ1) is 16.2. The van der Waals surface area contributed by atoms with E-state index in [1.165, 1.54) is 6.07 Å². The number of hydrogen-bond donors (Lipinski definition) is 2. The summed E-state index contributed by atoms with van der Waals surface area (Å²) < 4.78 is 26.5. The molecule has 4 rings (SSSR count). The molecule has 2 N–H and O–H groups in total. The van der Waals surface area contributed by atoms with E-state index in [1.807, 2.05) is 12.1 Å². The number of aliphatic imine (C=N–C) groups is 1. The van der Waals surface area contributed by atoms with Crippen LogP contribution in [0.1, 0.15) is 5.56 Å². The lowest BCUT2D eigenvalue weighted by molar-refractivity contribution is -0.114. The zero-order chi connectivity index (χ0) is 18.1. The molecule has 2 aromatic carbocycles. The Bertz CT molecular complexity index is 1150. The van der Waals surface area contributed by atoms with Crippen LogP contribution in [0.2, 0.25) is 0 Å². The third-order valence-electron chi connectivity index (χ3n) is 3.96. The van der Waals surface area contributed by atoms with Crippen LogP contribution in [0.3, 0.4) is 0 Å². The van der Waals surface area contributed by atoms with Crippen molar-refractivity contribution in [2.45, 2.75) is 4.90 Å². The number of carbonyl (C=O) groups excluding carboxylic acids is 1. The van der Waals surface area contributed by atoms with Gasteiger partial charge in [-0.1, -0.05) is 18.2 Å². The van der Waals surface area contributed by atoms with Crippen LogP contribution in [0.25, 0.3) is 10.9 Å². The molecule has 0 aliphatic carbocycles. The molecule has 3 aromatic rings. The van der Waals surface area contributed by atoms with Crippen molar-refractivity contribution >= 4 is 38.4 Å². The lowest BCUT2D eigenvalue weighted by atomic mass is 10.2. The molecule has 0 saturated carbocycles. The van der Waals surface area contributed by atoms with E-state index in [9.17, 15) is 13.2 Å². The monoisotopic (exact) mass is 366 g/mol. The number of aromatic nitrogens is 1. The van der Waals surface area contributed by atoms with E-state index in [0.29, 0.717) is 11.3 Å². The predicted molar refractivity (Wildman–Crippen MR) is 98.5 cm³/mol. The average Bonchev–Trinajstić information content (AvgIpc) is 2.91. The van der Waals surface area contributed by atoms with Crippen molar-refractivity contribution in [2.75, 3.05) is 11.9 Å². The number of rotatable bonds is 3. The topological polar surface area (TPSA) is 101 Å². The molecule has 0 bridgehead atoms. The molecule has 1 aliphatic heterocycles. The molecule has 0 atom stereocenters. The average molecular weight is 366 g/mol. The van der Waals surface area contributed by atoms with E-state index in [1.54, 1.807) is 42.6 Å². The minimum atomic E-state index is -3.61. The van der Waals surface area contributed by atoms with Gasteiger partial charge in [0.1, 0.15) is 12.4 Å². The molecule has 0 saturated heterocycles. The van der Waals surface area contributed by atoms with E-state index in [2.05, 4.69) is 20.0 Å². The number of fused-ring (bicyclic) bond motifs is 2. The zero-order valence-corrected chi connectivity index (χ0v) is 14.3. The van der Waals surface area contributed by atoms with Crippen LogP contribution in [0, 0.1) is 0 Å². The molecule has 2 heterocycles. The van der Waals surface area contributed by atoms with E-state index in [-0.39, 0.29) is 23.2 Å². The summed E-state index contributed by atoms with van der Waals surface area (Å²) >= 11 is 0. The number of anilines is 1. The molecule has 1 aliphatic rings. The van der Waals surface area contributed by atoms with Crippen molar-refractivity contribution in [3.8, 4) is 0 Å². The van der Waals surface area contributed by atoms with Gasteiger partial charge < -0.3 is 5.32 Å². The smallest absolute Gasteiger partial charge is 0.263 e. The summed E-state index contributed by atoms with van der Waals surface area (Å²) in [4.78, 5) is 20.8. The molecule has 0 unspecified atom stereocenters. The number of amidine groups is 1. The first-order chi connectivity index (χ1) is 12.5. The summed E-state index contributed by atoms with van der Waals surface area (Å²) in [6, 6.07) is 15.6. The highest BCUT2D eigenvalue weighted by atomic mass is 32.2. The van der Waals surface area contributed by atoms with Gasteiger partial charge in [0.15, 0.2) is 0 Å². The zero-order valence-electron chi connectivity index (χ0n) is 13.5. The van der Waals surface area contributed by atoms with Crippen molar-refractivity contribution in [3.05, 3.63) is 66.4 Å². The van der Waals surface area contributed by atoms with Crippen LogP contribution < -0.4 is 10.0 Å². The second-order valence-electron chi connectivity index (χ2n) is 5.69. The van der Waals surface area contributed by atoms with Gasteiger partial charge in [-0.2, -0.15) is 0 Å². The number of carbonyl (C=O) groups is 1. The molecular formula is C18H14N4O3S. The number of nitrogens with zero attached hydrogens (tertiary/aromatic N) is 2. The van der Waals surface area contributed by atoms with Gasteiger partial charge in [0.25, 0.3) is 10.0 Å². The van der Waals surface area contributed by atoms with Gasteiger partial charge in [-0.25, -0.2) is 8.42 Å². The van der Waals surface area contributed by atoms with Crippen LogP contribution in [0.4, 0.5) is 5.69 Å². The van der Waals surface area contributed by atoms with Crippen LogP contribution in [-0.4, -0.2) is 31.7 Å². The SMILES string of the molecule is O=C(CN=C1NS(=O)(=O)c2ccccc21)Nc1cccc2ncccc12. The van der Waals surface area contributed by atoms with Crippen LogP contribution in [0.15, 0.2) is 70.7 Å². The first-order valence-electron chi connectivity index (χ1n) is 7.85. The van der Waals surface area contributed by atoms with Crippen molar-refractivity contribution < 1.29 is 13.2 Å². The summed E-state index contributed by atoms with van der Waals surface area (Å²) in [6.07, 6.45) is 1.68. The van der Waals surface area contributed by atoms with E-state index in [0.717, 1.165) is 10.9 Å². The highest BCUT2D eigenvalue weighted by molar-refractivity contribution is 7.90. The number of benzene rings is 2. The van der Waals surface area contributed by atoms with Crippen LogP contribution >= 0.6 is 0 Å². The van der Waals surface area contributed by atoms with Gasteiger partial charge in [-0.3, -0.25) is 19.5 Å². The Hall–Kier alpha value is -3.26. The van der Waals surface area contributed by atoms with E-state index < -0.39 is 10.0 Å². The number of amides is 1. The number of nitrogens with one attached hydrogen (secondary N) is 2. The summed E-state index contributed by atoms with van der Waals surface area (Å²) in [5.74, 6) is -0.173. The third kappa shape index (κ3) is 2.91. The maximum atomic E-state index is 12.3. The molecule has 7 nitrogen and oxygen atoms in total. The molecule has 130 valence electrons. The maximum absolute atomic E-state index is 12.3. The fourth-order valence-electron chi connectivity index (χ4n) is 2.80. The molecule has 0 fully saturated rings. The summed E-state index contributed by atoms with van der Waals surface area (Å²) in [6.45, 7) is -0.206. The fourth-order valence-corrected chi connectivity index (χ4v) is 4.06. The summed E-state index contributed by atoms with van der Waals surface area (Å²) in [5.41, 5.74) is 1.87. The Morgan fingerprint density at radius 1 is 1.08 bits per heavy atom. The lowest BCUT2D eigenvalue weighted by Crippen LogP contribution is -2.24. The Morgan fingerprint density at radius 2 is 1.92 bits per heavy atom. The number of sulfonamides is 1. The second-order valence-corrected chi connectivity index (χ2v) is 7.34. The highest BCUT2D eigenvalue weighted by Crippen LogP contribution is 2.23. The molecule has 0 radical (unpaired) electrons. The minimum absolute atomic E-state index is 0.166. The molecule has 8 heteroatoms. The van der Waals surface area contributed by atoms with Crippen LogP contribution in [0.5, 0.6) is 0 Å². The Morgan fingerprint density at radius 3 is 2.81 bits per heavy atom. The van der Waals surface area contributed by atoms with Crippen LogP contribution in [-0.2, 0) is 14.8 Å². The van der Waals surface area contributed by atoms with E-state index >= 15 is 0 Å². The summed E-state index contributed by atoms with van der Waals surface area (Å²) in [5, 5.41) is 3.61. The second kappa shape index (κ2) is 6.23. The normalized spacial score (nSPS) is 16.2. The molecule has 1 amide bonds. The van der Waals surface area contributed by atoms with Gasteiger partial charge in [0.05, 0.1) is 16.1 Å². The number of hydrogen-bond acceptors (Lipinski definition) is 5. The van der Waals surface area contributed by atoms with Gasteiger partial charge in [-0.15, -0.1) is 0 Å². The molecular weight excluding hydrogens is 352 g/mol.